The van der Waals surface area contributed by atoms with E-state index in [0.29, 0.717) is 18.8 Å². The number of piperidine rings is 1. The van der Waals surface area contributed by atoms with Crippen LogP contribution in [-0.2, 0) is 9.53 Å². The number of hydrogen-bond acceptors (Lipinski definition) is 3. The molecule has 22 heavy (non-hydrogen) atoms. The number of nitrogens with zero attached hydrogens (tertiary/aromatic N) is 1. The Balaban J connectivity index is 1.46. The molecule has 0 saturated carbocycles. The van der Waals surface area contributed by atoms with Crippen molar-refractivity contribution < 1.29 is 18.7 Å². The minimum Gasteiger partial charge on any atom is -0.493 e. The summed E-state index contributed by atoms with van der Waals surface area (Å²) in [5.41, 5.74) is 0.186. The second-order valence-corrected chi connectivity index (χ2v) is 6.27. The van der Waals surface area contributed by atoms with Crippen molar-refractivity contribution in [3.63, 3.8) is 0 Å². The third-order valence-corrected chi connectivity index (χ3v) is 4.60. The molecule has 2 fully saturated rings. The van der Waals surface area contributed by atoms with Gasteiger partial charge in [0, 0.05) is 25.1 Å². The highest BCUT2D eigenvalue weighted by Gasteiger charge is 2.40. The lowest BCUT2D eigenvalue weighted by atomic mass is 9.79. The van der Waals surface area contributed by atoms with Crippen LogP contribution in [0.2, 0.25) is 0 Å². The molecule has 2 heterocycles. The van der Waals surface area contributed by atoms with Gasteiger partial charge in [-0.3, -0.25) is 4.79 Å². The largest absolute Gasteiger partial charge is 0.493 e. The van der Waals surface area contributed by atoms with Crippen LogP contribution in [0.25, 0.3) is 0 Å². The zero-order valence-corrected chi connectivity index (χ0v) is 12.7. The Morgan fingerprint density at radius 1 is 1.32 bits per heavy atom. The molecule has 1 spiro atoms. The van der Waals surface area contributed by atoms with Crippen LogP contribution in [0.15, 0.2) is 24.3 Å². The van der Waals surface area contributed by atoms with Gasteiger partial charge in [-0.25, -0.2) is 4.39 Å². The Hall–Kier alpha value is -1.62. The summed E-state index contributed by atoms with van der Waals surface area (Å²) in [6.07, 6.45) is 3.62. The summed E-state index contributed by atoms with van der Waals surface area (Å²) in [6, 6.07) is 5.86. The molecule has 5 heteroatoms. The summed E-state index contributed by atoms with van der Waals surface area (Å²) in [6.45, 7) is 3.56. The van der Waals surface area contributed by atoms with Gasteiger partial charge in [-0.1, -0.05) is 0 Å². The fourth-order valence-electron chi connectivity index (χ4n) is 3.34. The molecular formula is C17H22FNO3. The van der Waals surface area contributed by atoms with Crippen molar-refractivity contribution in [1.29, 1.82) is 0 Å². The summed E-state index contributed by atoms with van der Waals surface area (Å²) in [7, 11) is 0. The Kier molecular flexibility index (Phi) is 4.62. The number of rotatable bonds is 4. The van der Waals surface area contributed by atoms with E-state index in [2.05, 4.69) is 0 Å². The van der Waals surface area contributed by atoms with Gasteiger partial charge in [0.05, 0.1) is 19.6 Å². The molecule has 2 saturated heterocycles. The highest BCUT2D eigenvalue weighted by molar-refractivity contribution is 5.76. The van der Waals surface area contributed by atoms with Crippen molar-refractivity contribution in [1.82, 2.24) is 4.90 Å². The topological polar surface area (TPSA) is 38.8 Å². The molecule has 0 aliphatic carbocycles. The van der Waals surface area contributed by atoms with Crippen molar-refractivity contribution in [2.75, 3.05) is 32.9 Å². The molecule has 1 unspecified atom stereocenters. The van der Waals surface area contributed by atoms with Crippen LogP contribution in [0.4, 0.5) is 4.39 Å². The van der Waals surface area contributed by atoms with Gasteiger partial charge in [-0.05, 0) is 43.5 Å². The molecule has 120 valence electrons. The van der Waals surface area contributed by atoms with Gasteiger partial charge in [0.25, 0.3) is 0 Å². The van der Waals surface area contributed by atoms with E-state index in [1.807, 2.05) is 4.90 Å². The quantitative estimate of drug-likeness (QED) is 0.858. The number of likely N-dealkylation sites (tertiary alicyclic amines) is 1. The molecule has 0 radical (unpaired) electrons. The first kappa shape index (κ1) is 15.3. The van der Waals surface area contributed by atoms with Gasteiger partial charge in [0.15, 0.2) is 0 Å². The summed E-state index contributed by atoms with van der Waals surface area (Å²) < 4.78 is 23.8. The molecule has 0 bridgehead atoms. The smallest absolute Gasteiger partial charge is 0.226 e. The molecule has 3 rings (SSSR count). The fraction of sp³-hybridized carbons (Fsp3) is 0.588. The third-order valence-electron chi connectivity index (χ3n) is 4.60. The van der Waals surface area contributed by atoms with E-state index in [1.165, 1.54) is 12.1 Å². The first-order chi connectivity index (χ1) is 10.7. The van der Waals surface area contributed by atoms with Gasteiger partial charge < -0.3 is 14.4 Å². The number of carbonyl (C=O) groups is 1. The van der Waals surface area contributed by atoms with Crippen LogP contribution >= 0.6 is 0 Å². The number of carbonyl (C=O) groups excluding carboxylic acids is 1. The zero-order chi connectivity index (χ0) is 15.4. The lowest BCUT2D eigenvalue weighted by molar-refractivity contribution is -0.135. The maximum absolute atomic E-state index is 12.8. The van der Waals surface area contributed by atoms with Crippen LogP contribution in [0.1, 0.15) is 25.7 Å². The van der Waals surface area contributed by atoms with E-state index in [-0.39, 0.29) is 17.1 Å². The van der Waals surface area contributed by atoms with Gasteiger partial charge in [0.2, 0.25) is 5.91 Å². The van der Waals surface area contributed by atoms with Crippen LogP contribution in [0, 0.1) is 11.2 Å². The minimum atomic E-state index is -0.291. The Morgan fingerprint density at radius 2 is 2.14 bits per heavy atom. The maximum atomic E-state index is 12.8. The summed E-state index contributed by atoms with van der Waals surface area (Å²) in [5.74, 6) is 0.433. The molecule has 2 aliphatic heterocycles. The zero-order valence-electron chi connectivity index (χ0n) is 12.7. The maximum Gasteiger partial charge on any atom is 0.226 e. The molecule has 4 nitrogen and oxygen atoms in total. The standard InChI is InChI=1S/C17H22FNO3/c18-14-2-4-15(5-3-14)22-10-6-16(20)19-9-1-7-17(12-19)8-11-21-13-17/h2-5H,1,6-13H2. The second kappa shape index (κ2) is 6.65. The van der Waals surface area contributed by atoms with Gasteiger partial charge >= 0.3 is 0 Å². The van der Waals surface area contributed by atoms with E-state index in [1.54, 1.807) is 12.1 Å². The lowest BCUT2D eigenvalue weighted by Gasteiger charge is -2.39. The first-order valence-corrected chi connectivity index (χ1v) is 7.91. The van der Waals surface area contributed by atoms with E-state index in [0.717, 1.165) is 45.6 Å². The molecule has 1 aromatic rings. The summed E-state index contributed by atoms with van der Waals surface area (Å²) in [4.78, 5) is 14.3. The van der Waals surface area contributed by atoms with Gasteiger partial charge in [-0.2, -0.15) is 0 Å². The highest BCUT2D eigenvalue weighted by atomic mass is 19.1. The molecule has 2 aliphatic rings. The van der Waals surface area contributed by atoms with E-state index < -0.39 is 0 Å². The van der Waals surface area contributed by atoms with Gasteiger partial charge in [0.1, 0.15) is 11.6 Å². The summed E-state index contributed by atoms with van der Waals surface area (Å²) >= 11 is 0. The normalized spacial score (nSPS) is 24.7. The van der Waals surface area contributed by atoms with Crippen molar-refractivity contribution in [3.05, 3.63) is 30.1 Å². The Labute approximate surface area is 130 Å². The molecule has 0 aromatic heterocycles. The average molecular weight is 307 g/mol. The van der Waals surface area contributed by atoms with Crippen LogP contribution in [0.3, 0.4) is 0 Å². The number of benzene rings is 1. The van der Waals surface area contributed by atoms with Gasteiger partial charge in [-0.15, -0.1) is 0 Å². The lowest BCUT2D eigenvalue weighted by Crippen LogP contribution is -2.46. The van der Waals surface area contributed by atoms with Crippen LogP contribution in [-0.4, -0.2) is 43.7 Å². The van der Waals surface area contributed by atoms with Crippen molar-refractivity contribution in [3.8, 4) is 5.75 Å². The number of hydrogen-bond donors (Lipinski definition) is 0. The van der Waals surface area contributed by atoms with Crippen molar-refractivity contribution >= 4 is 5.91 Å². The first-order valence-electron chi connectivity index (χ1n) is 7.91. The SMILES string of the molecule is O=C(CCOc1ccc(F)cc1)N1CCCC2(CCOC2)C1. The third kappa shape index (κ3) is 3.58. The molecule has 1 aromatic carbocycles. The predicted octanol–water partition coefficient (Wildman–Crippen LogP) is 2.62. The molecule has 1 amide bonds. The number of halogens is 1. The summed E-state index contributed by atoms with van der Waals surface area (Å²) in [5, 5.41) is 0. The highest BCUT2D eigenvalue weighted by Crippen LogP contribution is 2.37. The van der Waals surface area contributed by atoms with Crippen LogP contribution in [0.5, 0.6) is 5.75 Å². The average Bonchev–Trinajstić information content (AvgIpc) is 2.97. The van der Waals surface area contributed by atoms with Crippen molar-refractivity contribution in [2.24, 2.45) is 5.41 Å². The van der Waals surface area contributed by atoms with Crippen molar-refractivity contribution in [2.45, 2.75) is 25.7 Å². The van der Waals surface area contributed by atoms with E-state index >= 15 is 0 Å². The number of ether oxygens (including phenoxy) is 2. The molecule has 0 N–H and O–H groups in total. The Bertz CT molecular complexity index is 511. The van der Waals surface area contributed by atoms with E-state index in [9.17, 15) is 9.18 Å². The minimum absolute atomic E-state index is 0.132. The van der Waals surface area contributed by atoms with Crippen LogP contribution < -0.4 is 4.74 Å². The fourth-order valence-corrected chi connectivity index (χ4v) is 3.34. The second-order valence-electron chi connectivity index (χ2n) is 6.27. The molecule has 1 atom stereocenters. The molecular weight excluding hydrogens is 285 g/mol. The number of amides is 1. The Morgan fingerprint density at radius 3 is 2.86 bits per heavy atom. The predicted molar refractivity (Wildman–Crippen MR) is 80.2 cm³/mol. The van der Waals surface area contributed by atoms with E-state index in [4.69, 9.17) is 9.47 Å². The monoisotopic (exact) mass is 307 g/mol.